The molecule has 2 N–H and O–H groups in total. The van der Waals surface area contributed by atoms with E-state index in [1.165, 1.54) is 4.88 Å². The molecule has 1 heterocycles. The summed E-state index contributed by atoms with van der Waals surface area (Å²) in [4.78, 5) is 5.23. The lowest BCUT2D eigenvalue weighted by molar-refractivity contribution is 0.471. The van der Waals surface area contributed by atoms with Gasteiger partial charge in [0.15, 0.2) is 0 Å². The van der Waals surface area contributed by atoms with E-state index in [1.54, 1.807) is 17.4 Å². The van der Waals surface area contributed by atoms with Crippen molar-refractivity contribution in [3.05, 3.63) is 40.3 Å². The minimum atomic E-state index is 0.203. The molecule has 2 aromatic rings. The third-order valence-electron chi connectivity index (χ3n) is 2.47. The maximum atomic E-state index is 9.59. The van der Waals surface area contributed by atoms with Crippen LogP contribution in [0.3, 0.4) is 0 Å². The molecule has 2 rings (SSSR count). The Morgan fingerprint density at radius 2 is 2.25 bits per heavy atom. The summed E-state index contributed by atoms with van der Waals surface area (Å²) in [5, 5.41) is 12.9. The Bertz CT molecular complexity index is 468. The predicted molar refractivity (Wildman–Crippen MR) is 67.0 cm³/mol. The van der Waals surface area contributed by atoms with Crippen molar-refractivity contribution < 1.29 is 5.11 Å². The Hall–Kier alpha value is -1.55. The molecule has 3 nitrogen and oxygen atoms in total. The summed E-state index contributed by atoms with van der Waals surface area (Å²) in [6.07, 6.45) is 1.86. The number of benzene rings is 1. The van der Waals surface area contributed by atoms with Crippen LogP contribution in [-0.2, 0) is 0 Å². The third-order valence-corrected chi connectivity index (χ3v) is 3.43. The summed E-state index contributed by atoms with van der Waals surface area (Å²) < 4.78 is 0. The Labute approximate surface area is 98.8 Å². The van der Waals surface area contributed by atoms with Crippen LogP contribution < -0.4 is 5.32 Å². The highest BCUT2D eigenvalue weighted by molar-refractivity contribution is 7.09. The van der Waals surface area contributed by atoms with Gasteiger partial charge >= 0.3 is 0 Å². The molecule has 0 radical (unpaired) electrons. The molecule has 1 unspecified atom stereocenters. The fraction of sp³-hybridized carbons (Fsp3) is 0.250. The standard InChI is InChI=1S/C12H14N2OS/c1-8-3-4-10(5-11(8)15)14-9(2)12-6-13-7-16-12/h3-7,9,14-15H,1-2H3. The maximum Gasteiger partial charge on any atom is 0.120 e. The van der Waals surface area contributed by atoms with Gasteiger partial charge in [-0.05, 0) is 25.5 Å². The van der Waals surface area contributed by atoms with E-state index in [0.717, 1.165) is 11.3 Å². The maximum absolute atomic E-state index is 9.59. The normalized spacial score (nSPS) is 12.4. The Morgan fingerprint density at radius 3 is 2.88 bits per heavy atom. The van der Waals surface area contributed by atoms with E-state index in [-0.39, 0.29) is 6.04 Å². The van der Waals surface area contributed by atoms with Gasteiger partial charge in [-0.15, -0.1) is 11.3 Å². The van der Waals surface area contributed by atoms with Gasteiger partial charge in [0.2, 0.25) is 0 Å². The molecule has 1 atom stereocenters. The van der Waals surface area contributed by atoms with Gasteiger partial charge in [0, 0.05) is 22.8 Å². The first-order valence-electron chi connectivity index (χ1n) is 5.11. The second-order valence-corrected chi connectivity index (χ2v) is 4.69. The van der Waals surface area contributed by atoms with Gasteiger partial charge in [-0.2, -0.15) is 0 Å². The Kier molecular flexibility index (Phi) is 3.10. The fourth-order valence-electron chi connectivity index (χ4n) is 1.46. The quantitative estimate of drug-likeness (QED) is 0.856. The highest BCUT2D eigenvalue weighted by Gasteiger charge is 2.07. The molecule has 0 fully saturated rings. The van der Waals surface area contributed by atoms with Gasteiger partial charge < -0.3 is 10.4 Å². The molecular formula is C12H14N2OS. The van der Waals surface area contributed by atoms with Crippen molar-refractivity contribution in [2.75, 3.05) is 5.32 Å². The van der Waals surface area contributed by atoms with Crippen molar-refractivity contribution in [2.45, 2.75) is 19.9 Å². The molecule has 4 heteroatoms. The molecule has 84 valence electrons. The van der Waals surface area contributed by atoms with Crippen molar-refractivity contribution in [3.63, 3.8) is 0 Å². The van der Waals surface area contributed by atoms with Crippen LogP contribution >= 0.6 is 11.3 Å². The largest absolute Gasteiger partial charge is 0.508 e. The lowest BCUT2D eigenvalue weighted by Gasteiger charge is -2.13. The number of aromatic hydroxyl groups is 1. The molecule has 0 spiro atoms. The zero-order valence-corrected chi connectivity index (χ0v) is 10.1. The van der Waals surface area contributed by atoms with Gasteiger partial charge in [-0.1, -0.05) is 6.07 Å². The number of rotatable bonds is 3. The molecule has 0 aliphatic carbocycles. The average molecular weight is 234 g/mol. The summed E-state index contributed by atoms with van der Waals surface area (Å²) in [7, 11) is 0. The molecule has 0 aliphatic rings. The number of aromatic nitrogens is 1. The number of nitrogens with one attached hydrogen (secondary N) is 1. The van der Waals surface area contributed by atoms with Crippen LogP contribution in [0.25, 0.3) is 0 Å². The number of hydrogen-bond donors (Lipinski definition) is 2. The van der Waals surface area contributed by atoms with Crippen LogP contribution in [0.5, 0.6) is 5.75 Å². The van der Waals surface area contributed by atoms with Gasteiger partial charge in [-0.25, -0.2) is 0 Å². The van der Waals surface area contributed by atoms with E-state index in [0.29, 0.717) is 5.75 Å². The van der Waals surface area contributed by atoms with E-state index >= 15 is 0 Å². The molecule has 0 bridgehead atoms. The van der Waals surface area contributed by atoms with Gasteiger partial charge in [0.1, 0.15) is 5.75 Å². The first-order chi connectivity index (χ1) is 7.66. The molecule has 1 aromatic heterocycles. The van der Waals surface area contributed by atoms with Crippen molar-refractivity contribution in [2.24, 2.45) is 0 Å². The minimum absolute atomic E-state index is 0.203. The van der Waals surface area contributed by atoms with Gasteiger partial charge in [0.05, 0.1) is 11.6 Å². The van der Waals surface area contributed by atoms with E-state index in [4.69, 9.17) is 0 Å². The van der Waals surface area contributed by atoms with Crippen LogP contribution in [0, 0.1) is 6.92 Å². The summed E-state index contributed by atoms with van der Waals surface area (Å²) in [6, 6.07) is 5.81. The lowest BCUT2D eigenvalue weighted by Crippen LogP contribution is -2.04. The number of hydrogen-bond acceptors (Lipinski definition) is 4. The Balaban J connectivity index is 2.12. The summed E-state index contributed by atoms with van der Waals surface area (Å²) >= 11 is 1.62. The van der Waals surface area contributed by atoms with Crippen molar-refractivity contribution >= 4 is 17.0 Å². The van der Waals surface area contributed by atoms with E-state index in [9.17, 15) is 5.11 Å². The van der Waals surface area contributed by atoms with Crippen LogP contribution in [0.15, 0.2) is 29.9 Å². The molecular weight excluding hydrogens is 220 g/mol. The first-order valence-corrected chi connectivity index (χ1v) is 5.99. The van der Waals surface area contributed by atoms with Crippen molar-refractivity contribution in [1.29, 1.82) is 0 Å². The second-order valence-electron chi connectivity index (χ2n) is 3.77. The molecule has 1 aromatic carbocycles. The number of phenolic OH excluding ortho intramolecular Hbond substituents is 1. The van der Waals surface area contributed by atoms with Crippen LogP contribution in [0.4, 0.5) is 5.69 Å². The Morgan fingerprint density at radius 1 is 1.44 bits per heavy atom. The zero-order valence-electron chi connectivity index (χ0n) is 9.27. The molecule has 0 saturated carbocycles. The average Bonchev–Trinajstić information content (AvgIpc) is 2.77. The van der Waals surface area contributed by atoms with Gasteiger partial charge in [-0.3, -0.25) is 4.98 Å². The number of anilines is 1. The second kappa shape index (κ2) is 4.53. The predicted octanol–water partition coefficient (Wildman–Crippen LogP) is 3.33. The van der Waals surface area contributed by atoms with E-state index < -0.39 is 0 Å². The van der Waals surface area contributed by atoms with Crippen LogP contribution in [-0.4, -0.2) is 10.1 Å². The lowest BCUT2D eigenvalue weighted by atomic mass is 10.2. The van der Waals surface area contributed by atoms with Crippen LogP contribution in [0.2, 0.25) is 0 Å². The van der Waals surface area contributed by atoms with Crippen molar-refractivity contribution in [3.8, 4) is 5.75 Å². The highest BCUT2D eigenvalue weighted by atomic mass is 32.1. The number of nitrogens with zero attached hydrogens (tertiary/aromatic N) is 1. The zero-order chi connectivity index (χ0) is 11.5. The van der Waals surface area contributed by atoms with Crippen molar-refractivity contribution in [1.82, 2.24) is 4.98 Å². The molecule has 16 heavy (non-hydrogen) atoms. The van der Waals surface area contributed by atoms with Gasteiger partial charge in [0.25, 0.3) is 0 Å². The molecule has 0 amide bonds. The summed E-state index contributed by atoms with van der Waals surface area (Å²) in [6.45, 7) is 3.95. The number of phenols is 1. The third kappa shape index (κ3) is 2.33. The fourth-order valence-corrected chi connectivity index (χ4v) is 2.09. The van der Waals surface area contributed by atoms with E-state index in [2.05, 4.69) is 17.2 Å². The SMILES string of the molecule is Cc1ccc(NC(C)c2cncs2)cc1O. The summed E-state index contributed by atoms with van der Waals surface area (Å²) in [5.74, 6) is 0.321. The van der Waals surface area contributed by atoms with E-state index in [1.807, 2.05) is 30.8 Å². The minimum Gasteiger partial charge on any atom is -0.508 e. The molecule has 0 aliphatic heterocycles. The number of thiazole rings is 1. The monoisotopic (exact) mass is 234 g/mol. The summed E-state index contributed by atoms with van der Waals surface area (Å²) in [5.41, 5.74) is 3.63. The highest BCUT2D eigenvalue weighted by Crippen LogP contribution is 2.25. The topological polar surface area (TPSA) is 45.2 Å². The molecule has 0 saturated heterocycles. The van der Waals surface area contributed by atoms with Crippen LogP contribution in [0.1, 0.15) is 23.4 Å². The first kappa shape index (κ1) is 11.0. The smallest absolute Gasteiger partial charge is 0.120 e. The number of aryl methyl sites for hydroxylation is 1.